The molecule has 1 aromatic heterocycles. The van der Waals surface area contributed by atoms with Crippen LogP contribution >= 0.6 is 7.60 Å². The van der Waals surface area contributed by atoms with Crippen molar-refractivity contribution in [2.24, 2.45) is 4.99 Å². The summed E-state index contributed by atoms with van der Waals surface area (Å²) in [4.78, 5) is 31.7. The Balaban J connectivity index is 1.88. The molecule has 1 aliphatic rings. The topological polar surface area (TPSA) is 165 Å². The maximum atomic E-state index is 15.7. The fourth-order valence-electron chi connectivity index (χ4n) is 3.72. The summed E-state index contributed by atoms with van der Waals surface area (Å²) in [7, 11) is -4.33. The molecule has 1 aromatic carbocycles. The van der Waals surface area contributed by atoms with Crippen molar-refractivity contribution in [3.63, 3.8) is 0 Å². The lowest BCUT2D eigenvalue weighted by Gasteiger charge is -2.26. The molecular formula is C24H31F2N4O8P. The Kier molecular flexibility index (Phi) is 9.27. The molecule has 2 unspecified atom stereocenters. The molecule has 1 saturated heterocycles. The molecule has 0 radical (unpaired) electrons. The number of hydrogen-bond donors (Lipinski definition) is 2. The van der Waals surface area contributed by atoms with Crippen molar-refractivity contribution in [3.8, 4) is 5.75 Å². The van der Waals surface area contributed by atoms with Crippen LogP contribution in [0.15, 0.2) is 46.3 Å². The normalized spacial score (nSPS) is 26.3. The Morgan fingerprint density at radius 2 is 1.95 bits per heavy atom. The van der Waals surface area contributed by atoms with Crippen LogP contribution in [0.4, 0.5) is 14.6 Å². The summed E-state index contributed by atoms with van der Waals surface area (Å²) in [6, 6.07) is 6.85. The van der Waals surface area contributed by atoms with Crippen LogP contribution in [0.1, 0.15) is 40.8 Å². The van der Waals surface area contributed by atoms with Crippen molar-refractivity contribution < 1.29 is 41.8 Å². The van der Waals surface area contributed by atoms with Crippen LogP contribution in [0.25, 0.3) is 0 Å². The number of nitrogen functional groups attached to an aromatic ring is 1. The van der Waals surface area contributed by atoms with E-state index in [-0.39, 0.29) is 5.75 Å². The molecule has 7 atom stereocenters. The molecule has 1 fully saturated rings. The van der Waals surface area contributed by atoms with E-state index >= 15 is 4.39 Å². The van der Waals surface area contributed by atoms with E-state index in [0.717, 1.165) is 12.9 Å². The van der Waals surface area contributed by atoms with Crippen molar-refractivity contribution in [1.82, 2.24) is 9.55 Å². The van der Waals surface area contributed by atoms with Crippen LogP contribution in [-0.2, 0) is 23.4 Å². The highest BCUT2D eigenvalue weighted by molar-refractivity contribution is 7.70. The largest absolute Gasteiger partial charge is 0.461 e. The van der Waals surface area contributed by atoms with Crippen LogP contribution in [0.5, 0.6) is 5.75 Å². The van der Waals surface area contributed by atoms with E-state index < -0.39 is 73.2 Å². The number of ether oxygens (including phenoxy) is 2. The smallest absolute Gasteiger partial charge is 0.421 e. The van der Waals surface area contributed by atoms with E-state index in [1.165, 1.54) is 26.0 Å². The lowest BCUT2D eigenvalue weighted by molar-refractivity contribution is -0.148. The second-order valence-electron chi connectivity index (χ2n) is 9.39. The number of benzene rings is 1. The van der Waals surface area contributed by atoms with Gasteiger partial charge in [-0.05, 0) is 46.8 Å². The van der Waals surface area contributed by atoms with Crippen LogP contribution in [-0.4, -0.2) is 62.7 Å². The van der Waals surface area contributed by atoms with Gasteiger partial charge in [0.15, 0.2) is 23.5 Å². The van der Waals surface area contributed by atoms with Gasteiger partial charge in [-0.2, -0.15) is 4.98 Å². The number of anilines is 1. The second kappa shape index (κ2) is 11.9. The van der Waals surface area contributed by atoms with Crippen molar-refractivity contribution >= 4 is 25.3 Å². The number of nitrogens with two attached hydrogens (primary N) is 1. The predicted octanol–water partition coefficient (Wildman–Crippen LogP) is 3.00. The molecule has 39 heavy (non-hydrogen) atoms. The summed E-state index contributed by atoms with van der Waals surface area (Å²) in [5.74, 6) is -1.51. The summed E-state index contributed by atoms with van der Waals surface area (Å²) >= 11 is 0. The Morgan fingerprint density at radius 1 is 1.31 bits per heavy atom. The molecule has 15 heteroatoms. The highest BCUT2D eigenvalue weighted by Crippen LogP contribution is 2.50. The Hall–Kier alpha value is -3.19. The molecule has 0 spiro atoms. The number of carbonyl (C=O) groups excluding carboxylic acids is 1. The van der Waals surface area contributed by atoms with Gasteiger partial charge in [0.25, 0.3) is 0 Å². The number of aromatic nitrogens is 2. The maximum Gasteiger partial charge on any atom is 0.421 e. The van der Waals surface area contributed by atoms with Gasteiger partial charge in [-0.15, -0.1) is 0 Å². The number of alkyl halides is 1. The van der Waals surface area contributed by atoms with E-state index in [0.29, 0.717) is 10.8 Å². The van der Waals surface area contributed by atoms with E-state index in [2.05, 4.69) is 9.98 Å². The third-order valence-corrected chi connectivity index (χ3v) is 7.23. The van der Waals surface area contributed by atoms with E-state index in [1.54, 1.807) is 32.0 Å². The van der Waals surface area contributed by atoms with E-state index in [4.69, 9.17) is 24.3 Å². The van der Waals surface area contributed by atoms with Gasteiger partial charge in [0.05, 0.1) is 18.4 Å². The number of carbonyl (C=O) groups is 1. The molecule has 3 N–H and O–H groups in total. The van der Waals surface area contributed by atoms with Crippen molar-refractivity contribution in [3.05, 3.63) is 52.8 Å². The van der Waals surface area contributed by atoms with Crippen molar-refractivity contribution in [2.45, 2.75) is 77.0 Å². The molecule has 214 valence electrons. The van der Waals surface area contributed by atoms with Gasteiger partial charge < -0.3 is 24.8 Å². The summed E-state index contributed by atoms with van der Waals surface area (Å²) in [5, 5.41) is 10.7. The number of rotatable bonds is 10. The number of aliphatic hydroxyl groups is 1. The number of halogens is 2. The van der Waals surface area contributed by atoms with Gasteiger partial charge >= 0.3 is 19.3 Å². The molecule has 0 aliphatic carbocycles. The fraction of sp³-hybridized carbons (Fsp3) is 0.500. The average Bonchev–Trinajstić information content (AvgIpc) is 3.08. The maximum absolute atomic E-state index is 15.7. The van der Waals surface area contributed by atoms with Gasteiger partial charge in [0.1, 0.15) is 30.0 Å². The molecular weight excluding hydrogens is 541 g/mol. The molecule has 1 aliphatic heterocycles. The minimum Gasteiger partial charge on any atom is -0.461 e. The monoisotopic (exact) mass is 572 g/mol. The number of nitrogens with zero attached hydrogens (tertiary/aromatic N) is 3. The number of esters is 1. The summed E-state index contributed by atoms with van der Waals surface area (Å²) < 4.78 is 65.8. The van der Waals surface area contributed by atoms with E-state index in [1.807, 2.05) is 0 Å². The molecule has 3 rings (SSSR count). The first-order valence-electron chi connectivity index (χ1n) is 12.0. The van der Waals surface area contributed by atoms with Crippen LogP contribution in [0.3, 0.4) is 0 Å². The number of aliphatic imine (C=N–C) groups is 1. The Labute approximate surface area is 223 Å². The molecule has 2 heterocycles. The second-order valence-corrected chi connectivity index (χ2v) is 11.1. The van der Waals surface area contributed by atoms with E-state index in [9.17, 15) is 23.7 Å². The van der Waals surface area contributed by atoms with Gasteiger partial charge in [0.2, 0.25) is 0 Å². The van der Waals surface area contributed by atoms with Crippen molar-refractivity contribution in [2.75, 3.05) is 5.73 Å². The van der Waals surface area contributed by atoms with Gasteiger partial charge in [-0.25, -0.2) is 22.9 Å². The quantitative estimate of drug-likeness (QED) is 0.246. The first-order valence-corrected chi connectivity index (χ1v) is 13.6. The fourth-order valence-corrected chi connectivity index (χ4v) is 5.23. The predicted molar refractivity (Wildman–Crippen MR) is 137 cm³/mol. The van der Waals surface area contributed by atoms with Gasteiger partial charge in [-0.1, -0.05) is 18.2 Å². The van der Waals surface area contributed by atoms with Crippen LogP contribution in [0, 0.1) is 5.82 Å². The number of aliphatic hydroxyl groups excluding tert-OH is 1. The summed E-state index contributed by atoms with van der Waals surface area (Å²) in [6.07, 6.45) is -6.38. The molecule has 0 amide bonds. The third kappa shape index (κ3) is 7.07. The highest BCUT2D eigenvalue weighted by Gasteiger charge is 2.57. The molecule has 2 aromatic rings. The third-order valence-electron chi connectivity index (χ3n) is 5.72. The zero-order valence-electron chi connectivity index (χ0n) is 21.9. The lowest BCUT2D eigenvalue weighted by Crippen LogP contribution is -2.44. The van der Waals surface area contributed by atoms with Crippen molar-refractivity contribution in [1.29, 1.82) is 0 Å². The lowest BCUT2D eigenvalue weighted by atomic mass is 9.96. The Morgan fingerprint density at radius 3 is 2.56 bits per heavy atom. The van der Waals surface area contributed by atoms with Gasteiger partial charge in [-0.3, -0.25) is 14.1 Å². The minimum absolute atomic E-state index is 0.132. The SMILES string of the molecule is CC(C)OC(=O)[C@H](C)/N=C/P(=O)(Oc1ccccc1)O[C@@H](C)[C@H]1O[C@@H](n2cc(F)c(N)nc2=O)C(C)(F)[C@H]1O. The van der Waals surface area contributed by atoms with Crippen LogP contribution < -0.4 is 15.9 Å². The standard InChI is InChI=1S/C24H31F2N4O8P/c1-13(2)35-21(32)14(3)28-12-39(34,38-16-9-7-6-8-10-16)37-15(4)18-19(31)24(5,26)22(36-18)30-11-17(25)20(27)29-23(30)33/h6-15,18-19,22,31H,1-5H3,(H2,27,29,33)/b28-12+/t14-,15-,18+,19-,22+,24?,39?/m0/s1. The molecule has 0 bridgehead atoms. The zero-order chi connectivity index (χ0) is 29.1. The molecule has 12 nitrogen and oxygen atoms in total. The Bertz CT molecular complexity index is 1310. The number of hydrogen-bond acceptors (Lipinski definition) is 11. The minimum atomic E-state index is -4.33. The summed E-state index contributed by atoms with van der Waals surface area (Å²) in [6.45, 7) is 6.99. The first kappa shape index (κ1) is 30.4. The summed E-state index contributed by atoms with van der Waals surface area (Å²) in [5.41, 5.74) is 1.54. The average molecular weight is 573 g/mol. The molecule has 0 saturated carbocycles. The van der Waals surface area contributed by atoms with Gasteiger partial charge in [0, 0.05) is 0 Å². The van der Waals surface area contributed by atoms with Crippen LogP contribution in [0.2, 0.25) is 0 Å². The highest BCUT2D eigenvalue weighted by atomic mass is 31.2. The zero-order valence-corrected chi connectivity index (χ0v) is 22.8. The first-order chi connectivity index (χ1) is 18.1. The number of para-hydroxylation sites is 1.